The Labute approximate surface area is 133 Å². The molecule has 0 aromatic carbocycles. The lowest BCUT2D eigenvalue weighted by Crippen LogP contribution is -2.40. The zero-order chi connectivity index (χ0) is 15.8. The van der Waals surface area contributed by atoms with Crippen LogP contribution in [-0.4, -0.2) is 45.2 Å². The van der Waals surface area contributed by atoms with Crippen molar-refractivity contribution in [3.8, 4) is 0 Å². The molecule has 1 amide bonds. The first-order valence-electron chi connectivity index (χ1n) is 8.64. The molecule has 1 N–H and O–H groups in total. The van der Waals surface area contributed by atoms with Gasteiger partial charge in [0.05, 0.1) is 12.6 Å². The number of carbonyl (C=O) groups excluding carboxylic acids is 1. The van der Waals surface area contributed by atoms with E-state index < -0.39 is 0 Å². The summed E-state index contributed by atoms with van der Waals surface area (Å²) in [6.07, 6.45) is 8.70. The van der Waals surface area contributed by atoms with Crippen molar-refractivity contribution in [2.75, 3.05) is 19.6 Å². The molecule has 0 radical (unpaired) electrons. The fourth-order valence-corrected chi connectivity index (χ4v) is 3.05. The molecule has 124 valence electrons. The normalized spacial score (nSPS) is 18.5. The molecule has 22 heavy (non-hydrogen) atoms. The second-order valence-corrected chi connectivity index (χ2v) is 6.01. The summed E-state index contributed by atoms with van der Waals surface area (Å²) >= 11 is 0. The molecule has 0 bridgehead atoms. The third-order valence-electron chi connectivity index (χ3n) is 4.32. The van der Waals surface area contributed by atoms with Crippen molar-refractivity contribution in [2.45, 2.75) is 65.0 Å². The molecule has 2 heterocycles. The minimum Gasteiger partial charge on any atom is -0.345 e. The molecule has 6 heteroatoms. The average molecular weight is 307 g/mol. The third-order valence-corrected chi connectivity index (χ3v) is 4.32. The van der Waals surface area contributed by atoms with Crippen LogP contribution in [0.1, 0.15) is 64.2 Å². The molecule has 1 aromatic heterocycles. The summed E-state index contributed by atoms with van der Waals surface area (Å²) in [4.78, 5) is 19.0. The van der Waals surface area contributed by atoms with E-state index in [-0.39, 0.29) is 11.9 Å². The van der Waals surface area contributed by atoms with Crippen molar-refractivity contribution in [2.24, 2.45) is 0 Å². The van der Waals surface area contributed by atoms with E-state index in [1.54, 1.807) is 6.33 Å². The second kappa shape index (κ2) is 8.88. The minimum atomic E-state index is -0.0512. The summed E-state index contributed by atoms with van der Waals surface area (Å²) in [5, 5.41) is 7.32. The predicted molar refractivity (Wildman–Crippen MR) is 86.4 cm³/mol. The van der Waals surface area contributed by atoms with Gasteiger partial charge in [0, 0.05) is 6.54 Å². The Morgan fingerprint density at radius 2 is 1.91 bits per heavy atom. The summed E-state index contributed by atoms with van der Waals surface area (Å²) in [6, 6.07) is -0.0512. The molecule has 1 fully saturated rings. The Hall–Kier alpha value is -1.43. The van der Waals surface area contributed by atoms with Crippen molar-refractivity contribution in [1.29, 1.82) is 0 Å². The molecule has 2 rings (SSSR count). The molecular formula is C16H29N5O. The fraction of sp³-hybridized carbons (Fsp3) is 0.812. The maximum atomic E-state index is 12.4. The number of likely N-dealkylation sites (tertiary alicyclic amines) is 1. The van der Waals surface area contributed by atoms with Gasteiger partial charge in [0.25, 0.3) is 0 Å². The van der Waals surface area contributed by atoms with E-state index in [9.17, 15) is 4.79 Å². The van der Waals surface area contributed by atoms with Crippen molar-refractivity contribution in [3.05, 3.63) is 12.2 Å². The van der Waals surface area contributed by atoms with Crippen LogP contribution in [0.25, 0.3) is 0 Å². The molecular weight excluding hydrogens is 278 g/mol. The molecule has 0 aliphatic carbocycles. The number of amides is 1. The summed E-state index contributed by atoms with van der Waals surface area (Å²) < 4.78 is 1.85. The van der Waals surface area contributed by atoms with Crippen molar-refractivity contribution in [3.63, 3.8) is 0 Å². The largest absolute Gasteiger partial charge is 0.345 e. The lowest BCUT2D eigenvalue weighted by atomic mass is 10.1. The lowest BCUT2D eigenvalue weighted by molar-refractivity contribution is -0.123. The van der Waals surface area contributed by atoms with Gasteiger partial charge < -0.3 is 5.32 Å². The predicted octanol–water partition coefficient (Wildman–Crippen LogP) is 2.13. The highest BCUT2D eigenvalue weighted by Gasteiger charge is 2.19. The second-order valence-electron chi connectivity index (χ2n) is 6.01. The first-order valence-corrected chi connectivity index (χ1v) is 8.64. The highest BCUT2D eigenvalue weighted by molar-refractivity contribution is 5.78. The maximum absolute atomic E-state index is 12.4. The summed E-state index contributed by atoms with van der Waals surface area (Å²) in [7, 11) is 0. The van der Waals surface area contributed by atoms with Crippen LogP contribution in [-0.2, 0) is 11.3 Å². The van der Waals surface area contributed by atoms with E-state index in [1.165, 1.54) is 32.1 Å². The van der Waals surface area contributed by atoms with Crippen LogP contribution in [0, 0.1) is 0 Å². The van der Waals surface area contributed by atoms with Crippen molar-refractivity contribution >= 4 is 5.91 Å². The van der Waals surface area contributed by atoms with E-state index in [2.05, 4.69) is 27.2 Å². The SMILES string of the molecule is CC[C@H](NC(=O)CN1CCCCCCC1)c1ncnn1CC. The van der Waals surface area contributed by atoms with Gasteiger partial charge in [-0.25, -0.2) is 9.67 Å². The molecule has 1 aliphatic heterocycles. The van der Waals surface area contributed by atoms with E-state index in [0.717, 1.165) is 31.9 Å². The number of rotatable bonds is 6. The highest BCUT2D eigenvalue weighted by atomic mass is 16.2. The lowest BCUT2D eigenvalue weighted by Gasteiger charge is -2.25. The minimum absolute atomic E-state index is 0.0512. The molecule has 1 saturated heterocycles. The number of hydrogen-bond donors (Lipinski definition) is 1. The van der Waals surface area contributed by atoms with Gasteiger partial charge in [0.1, 0.15) is 12.2 Å². The average Bonchev–Trinajstić information content (AvgIpc) is 2.95. The summed E-state index contributed by atoms with van der Waals surface area (Å²) in [5.41, 5.74) is 0. The molecule has 1 aromatic rings. The van der Waals surface area contributed by atoms with E-state index in [1.807, 2.05) is 11.6 Å². The number of nitrogens with zero attached hydrogens (tertiary/aromatic N) is 4. The molecule has 0 saturated carbocycles. The smallest absolute Gasteiger partial charge is 0.234 e. The molecule has 1 atom stereocenters. The van der Waals surface area contributed by atoms with Crippen LogP contribution in [0.15, 0.2) is 6.33 Å². The van der Waals surface area contributed by atoms with Crippen molar-refractivity contribution in [1.82, 2.24) is 25.0 Å². The number of nitrogens with one attached hydrogen (secondary N) is 1. The van der Waals surface area contributed by atoms with Crippen LogP contribution >= 0.6 is 0 Å². The van der Waals surface area contributed by atoms with Crippen LogP contribution in [0.5, 0.6) is 0 Å². The molecule has 0 spiro atoms. The van der Waals surface area contributed by atoms with Gasteiger partial charge in [-0.3, -0.25) is 9.69 Å². The van der Waals surface area contributed by atoms with E-state index in [4.69, 9.17) is 0 Å². The number of aromatic nitrogens is 3. The standard InChI is InChI=1S/C16H29N5O/c1-3-14(16-17-13-18-21(16)4-2)19-15(22)12-20-10-8-6-5-7-9-11-20/h13-14H,3-12H2,1-2H3,(H,19,22)/t14-/m0/s1. The van der Waals surface area contributed by atoms with Gasteiger partial charge in [0.2, 0.25) is 5.91 Å². The Balaban J connectivity index is 1.88. The first kappa shape index (κ1) is 16.9. The van der Waals surface area contributed by atoms with Crippen LogP contribution in [0.2, 0.25) is 0 Å². The Bertz CT molecular complexity index is 451. The number of carbonyl (C=O) groups is 1. The molecule has 1 aliphatic rings. The van der Waals surface area contributed by atoms with Crippen LogP contribution in [0.3, 0.4) is 0 Å². The third kappa shape index (κ3) is 4.80. The maximum Gasteiger partial charge on any atom is 0.234 e. The summed E-state index contributed by atoms with van der Waals surface area (Å²) in [5.74, 6) is 0.948. The van der Waals surface area contributed by atoms with E-state index >= 15 is 0 Å². The van der Waals surface area contributed by atoms with Crippen molar-refractivity contribution < 1.29 is 4.79 Å². The fourth-order valence-electron chi connectivity index (χ4n) is 3.05. The zero-order valence-electron chi connectivity index (χ0n) is 13.9. The number of hydrogen-bond acceptors (Lipinski definition) is 4. The Morgan fingerprint density at radius 3 is 2.55 bits per heavy atom. The zero-order valence-corrected chi connectivity index (χ0v) is 13.9. The Kier molecular flexibility index (Phi) is 6.83. The van der Waals surface area contributed by atoms with Gasteiger partial charge in [0.15, 0.2) is 0 Å². The highest BCUT2D eigenvalue weighted by Crippen LogP contribution is 2.14. The quantitative estimate of drug-likeness (QED) is 0.874. The van der Waals surface area contributed by atoms with Gasteiger partial charge in [-0.2, -0.15) is 5.10 Å². The van der Waals surface area contributed by atoms with Gasteiger partial charge >= 0.3 is 0 Å². The van der Waals surface area contributed by atoms with Gasteiger partial charge in [-0.1, -0.05) is 26.2 Å². The monoisotopic (exact) mass is 307 g/mol. The topological polar surface area (TPSA) is 63.1 Å². The summed E-state index contributed by atoms with van der Waals surface area (Å²) in [6.45, 7) is 7.44. The van der Waals surface area contributed by atoms with Gasteiger partial charge in [-0.05, 0) is 39.3 Å². The van der Waals surface area contributed by atoms with Crippen LogP contribution < -0.4 is 5.32 Å². The number of aryl methyl sites for hydroxylation is 1. The van der Waals surface area contributed by atoms with Crippen LogP contribution in [0.4, 0.5) is 0 Å². The molecule has 6 nitrogen and oxygen atoms in total. The Morgan fingerprint density at radius 1 is 1.23 bits per heavy atom. The molecule has 0 unspecified atom stereocenters. The van der Waals surface area contributed by atoms with Gasteiger partial charge in [-0.15, -0.1) is 0 Å². The van der Waals surface area contributed by atoms with E-state index in [0.29, 0.717) is 6.54 Å². The first-order chi connectivity index (χ1) is 10.7.